The van der Waals surface area contributed by atoms with Gasteiger partial charge in [-0.25, -0.2) is 4.98 Å². The molecule has 4 aliphatic rings. The van der Waals surface area contributed by atoms with Crippen LogP contribution in [0.1, 0.15) is 52.4 Å². The molecular formula is C16H24N4. The molecule has 0 aliphatic heterocycles. The van der Waals surface area contributed by atoms with Crippen molar-refractivity contribution < 1.29 is 0 Å². The maximum Gasteiger partial charge on any atom is 0.147 e. The highest BCUT2D eigenvalue weighted by Crippen LogP contribution is 2.66. The van der Waals surface area contributed by atoms with Crippen LogP contribution in [0.4, 0.5) is 11.6 Å². The van der Waals surface area contributed by atoms with Crippen molar-refractivity contribution in [3.8, 4) is 0 Å². The number of hydrogen-bond acceptors (Lipinski definition) is 4. The molecule has 0 amide bonds. The largest absolute Gasteiger partial charge is 0.382 e. The van der Waals surface area contributed by atoms with E-state index in [0.717, 1.165) is 11.7 Å². The smallest absolute Gasteiger partial charge is 0.147 e. The molecule has 4 bridgehead atoms. The molecule has 4 aliphatic carbocycles. The topological polar surface area (TPSA) is 63.8 Å². The minimum absolute atomic E-state index is 0.214. The second-order valence-electron chi connectivity index (χ2n) is 8.36. The van der Waals surface area contributed by atoms with Gasteiger partial charge in [-0.15, -0.1) is 0 Å². The summed E-state index contributed by atoms with van der Waals surface area (Å²) in [5.41, 5.74) is 7.00. The fourth-order valence-corrected chi connectivity index (χ4v) is 6.30. The molecule has 0 radical (unpaired) electrons. The molecule has 20 heavy (non-hydrogen) atoms. The molecule has 4 saturated carbocycles. The molecule has 2 atom stereocenters. The van der Waals surface area contributed by atoms with E-state index in [1.807, 2.05) is 0 Å². The van der Waals surface area contributed by atoms with Gasteiger partial charge in [-0.1, -0.05) is 13.8 Å². The second-order valence-corrected chi connectivity index (χ2v) is 8.36. The number of aromatic nitrogens is 2. The Kier molecular flexibility index (Phi) is 2.27. The van der Waals surface area contributed by atoms with Crippen molar-refractivity contribution in [1.82, 2.24) is 9.97 Å². The molecule has 4 heteroatoms. The Balaban J connectivity index is 1.67. The van der Waals surface area contributed by atoms with Crippen LogP contribution in [0.15, 0.2) is 12.4 Å². The summed E-state index contributed by atoms with van der Waals surface area (Å²) in [6.45, 7) is 4.97. The molecule has 0 aromatic carbocycles. The molecule has 1 aromatic heterocycles. The van der Waals surface area contributed by atoms with Crippen molar-refractivity contribution in [2.24, 2.45) is 16.7 Å². The molecule has 1 aromatic rings. The van der Waals surface area contributed by atoms with Crippen LogP contribution in [-0.2, 0) is 0 Å². The lowest BCUT2D eigenvalue weighted by Crippen LogP contribution is -2.61. The Hall–Kier alpha value is -1.32. The molecule has 0 spiro atoms. The first-order valence-corrected chi connectivity index (χ1v) is 7.74. The number of anilines is 2. The lowest BCUT2D eigenvalue weighted by atomic mass is 9.43. The molecule has 3 N–H and O–H groups in total. The van der Waals surface area contributed by atoms with Crippen LogP contribution in [0, 0.1) is 16.7 Å². The van der Waals surface area contributed by atoms with Crippen molar-refractivity contribution in [2.45, 2.75) is 57.9 Å². The van der Waals surface area contributed by atoms with Gasteiger partial charge >= 0.3 is 0 Å². The highest BCUT2D eigenvalue weighted by molar-refractivity contribution is 5.42. The average molecular weight is 272 g/mol. The van der Waals surface area contributed by atoms with Gasteiger partial charge in [0.2, 0.25) is 0 Å². The first-order valence-electron chi connectivity index (χ1n) is 7.74. The summed E-state index contributed by atoms with van der Waals surface area (Å²) in [6.07, 6.45) is 11.4. The van der Waals surface area contributed by atoms with Gasteiger partial charge in [0.25, 0.3) is 0 Å². The van der Waals surface area contributed by atoms with Gasteiger partial charge in [-0.3, -0.25) is 4.98 Å². The summed E-state index contributed by atoms with van der Waals surface area (Å²) in [7, 11) is 0. The van der Waals surface area contributed by atoms with E-state index in [9.17, 15) is 0 Å². The number of nitrogens with two attached hydrogens (primary N) is 1. The van der Waals surface area contributed by atoms with E-state index in [1.54, 1.807) is 12.4 Å². The zero-order valence-corrected chi connectivity index (χ0v) is 12.4. The third-order valence-corrected chi connectivity index (χ3v) is 5.67. The minimum Gasteiger partial charge on any atom is -0.382 e. The van der Waals surface area contributed by atoms with E-state index in [2.05, 4.69) is 29.1 Å². The number of nitrogens with zero attached hydrogens (tertiary/aromatic N) is 2. The summed E-state index contributed by atoms with van der Waals surface area (Å²) in [5, 5.41) is 3.72. The van der Waals surface area contributed by atoms with Gasteiger partial charge in [0, 0.05) is 5.54 Å². The van der Waals surface area contributed by atoms with Crippen molar-refractivity contribution in [3.63, 3.8) is 0 Å². The van der Waals surface area contributed by atoms with Crippen LogP contribution in [0.3, 0.4) is 0 Å². The zero-order valence-electron chi connectivity index (χ0n) is 12.4. The fraction of sp³-hybridized carbons (Fsp3) is 0.750. The summed E-state index contributed by atoms with van der Waals surface area (Å²) >= 11 is 0. The molecular weight excluding hydrogens is 248 g/mol. The van der Waals surface area contributed by atoms with Crippen molar-refractivity contribution in [3.05, 3.63) is 12.4 Å². The Morgan fingerprint density at radius 2 is 1.80 bits per heavy atom. The van der Waals surface area contributed by atoms with Crippen molar-refractivity contribution in [1.29, 1.82) is 0 Å². The van der Waals surface area contributed by atoms with Crippen molar-refractivity contribution in [2.75, 3.05) is 11.1 Å². The van der Waals surface area contributed by atoms with Gasteiger partial charge in [0.15, 0.2) is 0 Å². The van der Waals surface area contributed by atoms with Gasteiger partial charge < -0.3 is 11.1 Å². The maximum absolute atomic E-state index is 5.76. The van der Waals surface area contributed by atoms with Gasteiger partial charge in [0.1, 0.15) is 11.6 Å². The van der Waals surface area contributed by atoms with E-state index in [-0.39, 0.29) is 5.54 Å². The maximum atomic E-state index is 5.76. The number of rotatable bonds is 2. The molecule has 1 heterocycles. The van der Waals surface area contributed by atoms with Gasteiger partial charge in [-0.2, -0.15) is 0 Å². The van der Waals surface area contributed by atoms with Crippen LogP contribution in [0.25, 0.3) is 0 Å². The molecule has 0 saturated heterocycles. The Bertz CT molecular complexity index is 537. The SMILES string of the molecule is CC12CC3CC(C)(C1)CC(Nc1cncc(N)n1)(C3)C2. The number of nitrogens with one attached hydrogen (secondary N) is 1. The zero-order chi connectivity index (χ0) is 14.0. The summed E-state index contributed by atoms with van der Waals surface area (Å²) in [6, 6.07) is 0. The highest BCUT2D eigenvalue weighted by Gasteiger charge is 2.60. The molecule has 2 unspecified atom stereocenters. The van der Waals surface area contributed by atoms with Gasteiger partial charge in [0.05, 0.1) is 12.4 Å². The van der Waals surface area contributed by atoms with Crippen LogP contribution in [0.2, 0.25) is 0 Å². The first-order chi connectivity index (χ1) is 9.38. The van der Waals surface area contributed by atoms with E-state index >= 15 is 0 Å². The predicted octanol–water partition coefficient (Wildman–Crippen LogP) is 3.22. The van der Waals surface area contributed by atoms with E-state index in [4.69, 9.17) is 5.73 Å². The standard InChI is InChI=1S/C16H24N4/c1-14-3-11-4-15(2,8-14)10-16(5-11,9-14)20-13-7-18-6-12(17)19-13/h6-7,11H,3-5,8-10H2,1-2H3,(H3,17,19,20). The van der Waals surface area contributed by atoms with E-state index < -0.39 is 0 Å². The van der Waals surface area contributed by atoms with Gasteiger partial charge in [-0.05, 0) is 55.3 Å². The Morgan fingerprint density at radius 1 is 1.10 bits per heavy atom. The Labute approximate surface area is 120 Å². The van der Waals surface area contributed by atoms with Crippen LogP contribution in [-0.4, -0.2) is 15.5 Å². The summed E-state index contributed by atoms with van der Waals surface area (Å²) in [4.78, 5) is 8.57. The summed E-state index contributed by atoms with van der Waals surface area (Å²) < 4.78 is 0. The average Bonchev–Trinajstić information content (AvgIpc) is 2.22. The first kappa shape index (κ1) is 12.4. The molecule has 108 valence electrons. The van der Waals surface area contributed by atoms with Crippen LogP contribution in [0.5, 0.6) is 0 Å². The predicted molar refractivity (Wildman–Crippen MR) is 80.2 cm³/mol. The highest BCUT2D eigenvalue weighted by atomic mass is 15.1. The summed E-state index contributed by atoms with van der Waals surface area (Å²) in [5.74, 6) is 2.22. The van der Waals surface area contributed by atoms with Crippen LogP contribution >= 0.6 is 0 Å². The molecule has 4 fully saturated rings. The van der Waals surface area contributed by atoms with E-state index in [0.29, 0.717) is 16.6 Å². The fourth-order valence-electron chi connectivity index (χ4n) is 6.30. The van der Waals surface area contributed by atoms with Crippen LogP contribution < -0.4 is 11.1 Å². The lowest BCUT2D eigenvalue weighted by Gasteiger charge is -2.65. The minimum atomic E-state index is 0.214. The third-order valence-electron chi connectivity index (χ3n) is 5.67. The third kappa shape index (κ3) is 1.88. The monoisotopic (exact) mass is 272 g/mol. The quantitative estimate of drug-likeness (QED) is 0.867. The number of hydrogen-bond donors (Lipinski definition) is 2. The molecule has 5 rings (SSSR count). The normalized spacial score (nSPS) is 45.6. The second kappa shape index (κ2) is 3.66. The lowest BCUT2D eigenvalue weighted by molar-refractivity contribution is -0.0973. The van der Waals surface area contributed by atoms with Crippen molar-refractivity contribution >= 4 is 11.6 Å². The molecule has 4 nitrogen and oxygen atoms in total. The number of nitrogen functional groups attached to an aromatic ring is 1. The van der Waals surface area contributed by atoms with E-state index in [1.165, 1.54) is 38.5 Å². The Morgan fingerprint density at radius 3 is 2.40 bits per heavy atom.